The number of ether oxygens (including phenoxy) is 4. The number of rotatable bonds is 9. The number of nitrogens with two attached hydrogens (primary N) is 1. The minimum absolute atomic E-state index is 0.0529. The molecule has 1 unspecified atom stereocenters. The summed E-state index contributed by atoms with van der Waals surface area (Å²) in [5.74, 6) is -0.118. The first-order valence-electron chi connectivity index (χ1n) is 9.61. The normalized spacial score (nSPS) is 15.7. The lowest BCUT2D eigenvalue weighted by Gasteiger charge is -2.27. The number of allylic oxidation sites excluding steroid dienone is 2. The van der Waals surface area contributed by atoms with Crippen molar-refractivity contribution < 1.29 is 23.7 Å². The number of carbonyl (C=O) groups excluding carboxylic acids is 1. The van der Waals surface area contributed by atoms with Crippen molar-refractivity contribution in [1.29, 1.82) is 10.5 Å². The van der Waals surface area contributed by atoms with Crippen molar-refractivity contribution in [3.8, 4) is 23.6 Å². The van der Waals surface area contributed by atoms with Crippen molar-refractivity contribution >= 4 is 5.97 Å². The smallest absolute Gasteiger partial charge is 0.338 e. The van der Waals surface area contributed by atoms with Crippen molar-refractivity contribution in [2.24, 2.45) is 5.73 Å². The molecule has 1 heterocycles. The Morgan fingerprint density at radius 3 is 2.67 bits per heavy atom. The molecule has 1 atom stereocenters. The third kappa shape index (κ3) is 5.03. The third-order valence-electron chi connectivity index (χ3n) is 4.56. The van der Waals surface area contributed by atoms with E-state index in [0.29, 0.717) is 36.5 Å². The molecule has 1 aliphatic rings. The van der Waals surface area contributed by atoms with E-state index in [-0.39, 0.29) is 29.4 Å². The molecule has 2 rings (SSSR count). The molecule has 0 aliphatic carbocycles. The zero-order valence-electron chi connectivity index (χ0n) is 17.4. The summed E-state index contributed by atoms with van der Waals surface area (Å²) in [6, 6.07) is 9.32. The molecule has 8 nitrogen and oxygen atoms in total. The third-order valence-corrected chi connectivity index (χ3v) is 4.56. The second-order valence-corrected chi connectivity index (χ2v) is 6.49. The van der Waals surface area contributed by atoms with Gasteiger partial charge < -0.3 is 24.7 Å². The number of carbonyl (C=O) groups is 1. The van der Waals surface area contributed by atoms with Gasteiger partial charge in [-0.05, 0) is 44.4 Å². The van der Waals surface area contributed by atoms with E-state index < -0.39 is 11.9 Å². The molecule has 8 heteroatoms. The zero-order valence-corrected chi connectivity index (χ0v) is 17.4. The largest absolute Gasteiger partial charge is 0.493 e. The number of unbranched alkanes of at least 4 members (excludes halogenated alkanes) is 2. The Morgan fingerprint density at radius 1 is 1.27 bits per heavy atom. The summed E-state index contributed by atoms with van der Waals surface area (Å²) in [5.41, 5.74) is 6.88. The number of hydrogen-bond acceptors (Lipinski definition) is 8. The first-order valence-corrected chi connectivity index (χ1v) is 9.61. The standard InChI is InChI=1S/C22H25N3O5/c1-4-28-22(26)19-14(2)30-21(25)16(13-24)20(19)15-8-9-17(27-3)18(12-15)29-11-7-5-6-10-23/h8-9,12,20H,4-7,11,25H2,1-3H3. The highest BCUT2D eigenvalue weighted by Crippen LogP contribution is 2.42. The van der Waals surface area contributed by atoms with E-state index in [1.165, 1.54) is 7.11 Å². The van der Waals surface area contributed by atoms with Crippen LogP contribution in [0.25, 0.3) is 0 Å². The number of nitriles is 2. The number of esters is 1. The summed E-state index contributed by atoms with van der Waals surface area (Å²) in [4.78, 5) is 12.6. The van der Waals surface area contributed by atoms with Gasteiger partial charge in [-0.25, -0.2) is 4.79 Å². The Bertz CT molecular complexity index is 937. The molecule has 0 amide bonds. The van der Waals surface area contributed by atoms with Crippen LogP contribution in [-0.4, -0.2) is 26.3 Å². The molecule has 0 bridgehead atoms. The van der Waals surface area contributed by atoms with Gasteiger partial charge in [0.05, 0.1) is 37.9 Å². The SMILES string of the molecule is CCOC(=O)C1=C(C)OC(N)=C(C#N)C1c1ccc(OC)c(OCCCCC#N)c1. The van der Waals surface area contributed by atoms with Gasteiger partial charge in [-0.1, -0.05) is 6.07 Å². The highest BCUT2D eigenvalue weighted by molar-refractivity contribution is 5.92. The maximum absolute atomic E-state index is 12.6. The molecule has 158 valence electrons. The Balaban J connectivity index is 2.45. The summed E-state index contributed by atoms with van der Waals surface area (Å²) in [7, 11) is 1.53. The Kier molecular flexibility index (Phi) is 8.13. The van der Waals surface area contributed by atoms with Crippen molar-refractivity contribution in [3.63, 3.8) is 0 Å². The van der Waals surface area contributed by atoms with E-state index in [1.54, 1.807) is 32.0 Å². The fourth-order valence-corrected chi connectivity index (χ4v) is 3.16. The molecule has 30 heavy (non-hydrogen) atoms. The molecule has 1 aliphatic heterocycles. The maximum Gasteiger partial charge on any atom is 0.338 e. The van der Waals surface area contributed by atoms with Crippen molar-refractivity contribution in [2.45, 2.75) is 39.0 Å². The summed E-state index contributed by atoms with van der Waals surface area (Å²) in [6.07, 6.45) is 1.90. The molecule has 0 radical (unpaired) electrons. The van der Waals surface area contributed by atoms with Crippen molar-refractivity contribution in [1.82, 2.24) is 0 Å². The van der Waals surface area contributed by atoms with Crippen LogP contribution < -0.4 is 15.2 Å². The van der Waals surface area contributed by atoms with Gasteiger partial charge in [0.15, 0.2) is 11.5 Å². The average Bonchev–Trinajstić information content (AvgIpc) is 2.73. The molecular formula is C22H25N3O5. The van der Waals surface area contributed by atoms with Crippen LogP contribution in [0.1, 0.15) is 44.6 Å². The number of nitrogens with zero attached hydrogens (tertiary/aromatic N) is 2. The Labute approximate surface area is 176 Å². The first kappa shape index (κ1) is 22.6. The highest BCUT2D eigenvalue weighted by atomic mass is 16.5. The molecule has 0 aromatic heterocycles. The molecule has 1 aromatic rings. The monoisotopic (exact) mass is 411 g/mol. The Morgan fingerprint density at radius 2 is 2.03 bits per heavy atom. The van der Waals surface area contributed by atoms with E-state index in [9.17, 15) is 10.1 Å². The van der Waals surface area contributed by atoms with Gasteiger partial charge in [0.25, 0.3) is 0 Å². The summed E-state index contributed by atoms with van der Waals surface area (Å²) in [6.45, 7) is 3.89. The average molecular weight is 411 g/mol. The van der Waals surface area contributed by atoms with Gasteiger partial charge in [0, 0.05) is 6.42 Å². The van der Waals surface area contributed by atoms with E-state index in [0.717, 1.165) is 6.42 Å². The first-order chi connectivity index (χ1) is 14.5. The van der Waals surface area contributed by atoms with Crippen LogP contribution in [0.3, 0.4) is 0 Å². The number of hydrogen-bond donors (Lipinski definition) is 1. The molecule has 0 saturated carbocycles. The minimum atomic E-state index is -0.755. The summed E-state index contributed by atoms with van der Waals surface area (Å²) in [5, 5.41) is 18.3. The minimum Gasteiger partial charge on any atom is -0.493 e. The van der Waals surface area contributed by atoms with Crippen LogP contribution in [0.5, 0.6) is 11.5 Å². The van der Waals surface area contributed by atoms with Gasteiger partial charge >= 0.3 is 5.97 Å². The van der Waals surface area contributed by atoms with E-state index in [2.05, 4.69) is 6.07 Å². The lowest BCUT2D eigenvalue weighted by atomic mass is 9.83. The molecule has 0 fully saturated rings. The van der Waals surface area contributed by atoms with Crippen LogP contribution in [0.4, 0.5) is 0 Å². The van der Waals surface area contributed by atoms with Crippen LogP contribution in [-0.2, 0) is 14.3 Å². The highest BCUT2D eigenvalue weighted by Gasteiger charge is 2.36. The van der Waals surface area contributed by atoms with Crippen LogP contribution in [0.15, 0.2) is 41.0 Å². The number of benzene rings is 1. The van der Waals surface area contributed by atoms with E-state index in [4.69, 9.17) is 29.9 Å². The molecule has 0 saturated heterocycles. The predicted molar refractivity (Wildman–Crippen MR) is 108 cm³/mol. The van der Waals surface area contributed by atoms with Crippen LogP contribution in [0, 0.1) is 22.7 Å². The quantitative estimate of drug-likeness (QED) is 0.484. The lowest BCUT2D eigenvalue weighted by molar-refractivity contribution is -0.139. The Hall–Kier alpha value is -3.65. The fraction of sp³-hybridized carbons (Fsp3) is 0.409. The maximum atomic E-state index is 12.6. The summed E-state index contributed by atoms with van der Waals surface area (Å²) < 4.78 is 21.8. The molecule has 0 spiro atoms. The van der Waals surface area contributed by atoms with Gasteiger partial charge in [0.1, 0.15) is 17.4 Å². The van der Waals surface area contributed by atoms with E-state index >= 15 is 0 Å². The second kappa shape index (κ2) is 10.8. The lowest BCUT2D eigenvalue weighted by Crippen LogP contribution is -2.25. The molecule has 1 aromatic carbocycles. The fourth-order valence-electron chi connectivity index (χ4n) is 3.16. The van der Waals surface area contributed by atoms with Gasteiger partial charge in [0.2, 0.25) is 5.88 Å². The predicted octanol–water partition coefficient (Wildman–Crippen LogP) is 3.41. The molecule has 2 N–H and O–H groups in total. The van der Waals surface area contributed by atoms with Crippen LogP contribution in [0.2, 0.25) is 0 Å². The molecular weight excluding hydrogens is 386 g/mol. The van der Waals surface area contributed by atoms with Crippen LogP contribution >= 0.6 is 0 Å². The zero-order chi connectivity index (χ0) is 22.1. The van der Waals surface area contributed by atoms with E-state index in [1.807, 2.05) is 6.07 Å². The van der Waals surface area contributed by atoms with Gasteiger partial charge in [-0.15, -0.1) is 0 Å². The van der Waals surface area contributed by atoms with Crippen molar-refractivity contribution in [2.75, 3.05) is 20.3 Å². The van der Waals surface area contributed by atoms with Gasteiger partial charge in [-0.3, -0.25) is 0 Å². The summed E-state index contributed by atoms with van der Waals surface area (Å²) >= 11 is 0. The topological polar surface area (TPSA) is 128 Å². The van der Waals surface area contributed by atoms with Crippen molar-refractivity contribution in [3.05, 3.63) is 46.6 Å². The number of methoxy groups -OCH3 is 1. The van der Waals surface area contributed by atoms with Gasteiger partial charge in [-0.2, -0.15) is 10.5 Å². The second-order valence-electron chi connectivity index (χ2n) is 6.49.